The van der Waals surface area contributed by atoms with Crippen LogP contribution in [0.2, 0.25) is 5.02 Å². The van der Waals surface area contributed by atoms with Crippen molar-refractivity contribution >= 4 is 28.8 Å². The summed E-state index contributed by atoms with van der Waals surface area (Å²) in [6.07, 6.45) is 0. The van der Waals surface area contributed by atoms with Gasteiger partial charge in [-0.25, -0.2) is 4.39 Å². The molecular formula is C14H11ClFNOS. The smallest absolute Gasteiger partial charge is 0.165 e. The molecule has 2 N–H and O–H groups in total. The van der Waals surface area contributed by atoms with Gasteiger partial charge < -0.3 is 10.5 Å². The first kappa shape index (κ1) is 13.8. The lowest BCUT2D eigenvalue weighted by Crippen LogP contribution is -2.09. The van der Waals surface area contributed by atoms with Gasteiger partial charge in [0.1, 0.15) is 10.7 Å². The number of rotatable bonds is 3. The Balaban J connectivity index is 2.31. The number of ether oxygens (including phenoxy) is 1. The molecule has 98 valence electrons. The van der Waals surface area contributed by atoms with Crippen molar-refractivity contribution < 1.29 is 9.13 Å². The lowest BCUT2D eigenvalue weighted by atomic mass is 10.2. The Bertz CT molecular complexity index is 645. The summed E-state index contributed by atoms with van der Waals surface area (Å²) < 4.78 is 19.0. The third-order valence-corrected chi connectivity index (χ3v) is 3.05. The van der Waals surface area contributed by atoms with Gasteiger partial charge in [0.25, 0.3) is 0 Å². The highest BCUT2D eigenvalue weighted by Crippen LogP contribution is 2.29. The maximum absolute atomic E-state index is 13.6. The van der Waals surface area contributed by atoms with Gasteiger partial charge in [0.15, 0.2) is 11.6 Å². The van der Waals surface area contributed by atoms with Crippen molar-refractivity contribution in [2.45, 2.75) is 6.92 Å². The predicted octanol–water partition coefficient (Wildman–Crippen LogP) is 4.21. The topological polar surface area (TPSA) is 35.2 Å². The van der Waals surface area contributed by atoms with Gasteiger partial charge in [-0.1, -0.05) is 29.9 Å². The molecule has 0 saturated heterocycles. The molecule has 19 heavy (non-hydrogen) atoms. The van der Waals surface area contributed by atoms with Crippen LogP contribution >= 0.6 is 23.8 Å². The van der Waals surface area contributed by atoms with Gasteiger partial charge >= 0.3 is 0 Å². The molecule has 2 aromatic rings. The first-order valence-corrected chi connectivity index (χ1v) is 6.29. The molecule has 0 spiro atoms. The molecule has 0 atom stereocenters. The van der Waals surface area contributed by atoms with Crippen LogP contribution in [0.15, 0.2) is 36.4 Å². The normalized spacial score (nSPS) is 10.3. The summed E-state index contributed by atoms with van der Waals surface area (Å²) in [5.41, 5.74) is 6.98. The lowest BCUT2D eigenvalue weighted by molar-refractivity contribution is 0.442. The molecule has 2 rings (SSSR count). The average Bonchev–Trinajstić information content (AvgIpc) is 2.33. The van der Waals surface area contributed by atoms with E-state index in [1.165, 1.54) is 6.07 Å². The van der Waals surface area contributed by atoms with E-state index in [0.29, 0.717) is 16.3 Å². The maximum Gasteiger partial charge on any atom is 0.165 e. The second kappa shape index (κ2) is 5.55. The Morgan fingerprint density at radius 1 is 1.26 bits per heavy atom. The zero-order chi connectivity index (χ0) is 14.0. The summed E-state index contributed by atoms with van der Waals surface area (Å²) in [6, 6.07) is 9.49. The number of aryl methyl sites for hydroxylation is 1. The molecule has 0 aromatic heterocycles. The molecule has 2 aromatic carbocycles. The number of benzene rings is 2. The highest BCUT2D eigenvalue weighted by Gasteiger charge is 2.08. The molecule has 0 saturated carbocycles. The number of hydrogen-bond donors (Lipinski definition) is 1. The van der Waals surface area contributed by atoms with Gasteiger partial charge in [0.2, 0.25) is 0 Å². The zero-order valence-corrected chi connectivity index (χ0v) is 11.7. The van der Waals surface area contributed by atoms with Crippen molar-refractivity contribution in [1.29, 1.82) is 0 Å². The fraction of sp³-hybridized carbons (Fsp3) is 0.0714. The number of nitrogens with two attached hydrogens (primary N) is 1. The van der Waals surface area contributed by atoms with Gasteiger partial charge in [-0.3, -0.25) is 0 Å². The molecule has 0 aliphatic heterocycles. The van der Waals surface area contributed by atoms with E-state index in [4.69, 9.17) is 34.3 Å². The van der Waals surface area contributed by atoms with Crippen LogP contribution in [0.1, 0.15) is 11.1 Å². The van der Waals surface area contributed by atoms with Gasteiger partial charge in [-0.15, -0.1) is 0 Å². The second-order valence-corrected chi connectivity index (χ2v) is 4.89. The average molecular weight is 296 g/mol. The summed E-state index contributed by atoms with van der Waals surface area (Å²) in [5.74, 6) is 0.147. The standard InChI is InChI=1S/C14H11ClFNOS/c1-8-2-5-12(16)13(6-8)18-9-3-4-10(14(17)19)11(15)7-9/h2-7H,1H3,(H2,17,19). The molecule has 0 radical (unpaired) electrons. The minimum atomic E-state index is -0.430. The predicted molar refractivity (Wildman–Crippen MR) is 78.6 cm³/mol. The first-order valence-electron chi connectivity index (χ1n) is 5.51. The van der Waals surface area contributed by atoms with Crippen molar-refractivity contribution in [3.63, 3.8) is 0 Å². The SMILES string of the molecule is Cc1ccc(F)c(Oc2ccc(C(N)=S)c(Cl)c2)c1. The van der Waals surface area contributed by atoms with Gasteiger partial charge in [-0.05, 0) is 36.8 Å². The summed E-state index contributed by atoms with van der Waals surface area (Å²) in [6.45, 7) is 1.86. The van der Waals surface area contributed by atoms with Gasteiger partial charge in [-0.2, -0.15) is 0 Å². The molecule has 5 heteroatoms. The molecule has 0 aliphatic rings. The number of thiocarbonyl (C=S) groups is 1. The highest BCUT2D eigenvalue weighted by atomic mass is 35.5. The number of hydrogen-bond acceptors (Lipinski definition) is 2. The van der Waals surface area contributed by atoms with Crippen molar-refractivity contribution in [3.05, 3.63) is 58.4 Å². The molecule has 0 bridgehead atoms. The summed E-state index contributed by atoms with van der Waals surface area (Å²) in [5, 5.41) is 0.373. The van der Waals surface area contributed by atoms with Crippen LogP contribution in [0.25, 0.3) is 0 Å². The monoisotopic (exact) mass is 295 g/mol. The molecule has 0 unspecified atom stereocenters. The minimum absolute atomic E-state index is 0.152. The third-order valence-electron chi connectivity index (χ3n) is 2.52. The van der Waals surface area contributed by atoms with Crippen LogP contribution in [0, 0.1) is 12.7 Å². The van der Waals surface area contributed by atoms with Gasteiger partial charge in [0.05, 0.1) is 5.02 Å². The van der Waals surface area contributed by atoms with Crippen LogP contribution in [0.5, 0.6) is 11.5 Å². The fourth-order valence-electron chi connectivity index (χ4n) is 1.57. The highest BCUT2D eigenvalue weighted by molar-refractivity contribution is 7.80. The largest absolute Gasteiger partial charge is 0.454 e. The van der Waals surface area contributed by atoms with Crippen molar-refractivity contribution in [1.82, 2.24) is 0 Å². The Labute approximate surface area is 120 Å². The van der Waals surface area contributed by atoms with E-state index in [-0.39, 0.29) is 10.7 Å². The third kappa shape index (κ3) is 3.22. The summed E-state index contributed by atoms with van der Waals surface area (Å²) >= 11 is 10.9. The minimum Gasteiger partial charge on any atom is -0.454 e. The van der Waals surface area contributed by atoms with E-state index in [2.05, 4.69) is 0 Å². The molecule has 0 fully saturated rings. The van der Waals surface area contributed by atoms with E-state index in [0.717, 1.165) is 5.56 Å². The zero-order valence-electron chi connectivity index (χ0n) is 10.1. The lowest BCUT2D eigenvalue weighted by Gasteiger charge is -2.09. The van der Waals surface area contributed by atoms with Crippen LogP contribution in [-0.4, -0.2) is 4.99 Å². The Morgan fingerprint density at radius 3 is 2.63 bits per heavy atom. The maximum atomic E-state index is 13.6. The van der Waals surface area contributed by atoms with E-state index >= 15 is 0 Å². The Kier molecular flexibility index (Phi) is 4.02. The van der Waals surface area contributed by atoms with Crippen molar-refractivity contribution in [2.75, 3.05) is 0 Å². The van der Waals surface area contributed by atoms with Crippen LogP contribution < -0.4 is 10.5 Å². The summed E-state index contributed by atoms with van der Waals surface area (Å²) in [4.78, 5) is 0.207. The van der Waals surface area contributed by atoms with Crippen LogP contribution in [-0.2, 0) is 0 Å². The van der Waals surface area contributed by atoms with Crippen LogP contribution in [0.4, 0.5) is 4.39 Å². The molecule has 0 aliphatic carbocycles. The molecule has 0 amide bonds. The van der Waals surface area contributed by atoms with E-state index in [1.54, 1.807) is 30.3 Å². The quantitative estimate of drug-likeness (QED) is 0.861. The fourth-order valence-corrected chi connectivity index (χ4v) is 2.08. The summed E-state index contributed by atoms with van der Waals surface area (Å²) in [7, 11) is 0. The molecule has 0 heterocycles. The van der Waals surface area contributed by atoms with E-state index in [9.17, 15) is 4.39 Å². The molecular weight excluding hydrogens is 285 g/mol. The van der Waals surface area contributed by atoms with Crippen molar-refractivity contribution in [2.24, 2.45) is 5.73 Å². The van der Waals surface area contributed by atoms with Crippen LogP contribution in [0.3, 0.4) is 0 Å². The Morgan fingerprint density at radius 2 is 2.00 bits per heavy atom. The number of halogens is 2. The van der Waals surface area contributed by atoms with Gasteiger partial charge in [0, 0.05) is 11.6 Å². The van der Waals surface area contributed by atoms with E-state index in [1.807, 2.05) is 6.92 Å². The van der Waals surface area contributed by atoms with Crippen molar-refractivity contribution in [3.8, 4) is 11.5 Å². The van der Waals surface area contributed by atoms with E-state index < -0.39 is 5.82 Å². The second-order valence-electron chi connectivity index (χ2n) is 4.04. The molecule has 2 nitrogen and oxygen atoms in total. The first-order chi connectivity index (χ1) is 8.97. The Hall–Kier alpha value is -1.65.